The summed E-state index contributed by atoms with van der Waals surface area (Å²) in [7, 11) is 0. The van der Waals surface area contributed by atoms with Crippen molar-refractivity contribution in [2.75, 3.05) is 13.1 Å². The molecule has 2 aromatic carbocycles. The molecule has 1 saturated heterocycles. The van der Waals surface area contributed by atoms with Crippen LogP contribution in [-0.4, -0.2) is 28.9 Å². The van der Waals surface area contributed by atoms with Crippen LogP contribution in [0.4, 0.5) is 0 Å². The van der Waals surface area contributed by atoms with Gasteiger partial charge in [-0.1, -0.05) is 41.9 Å². The van der Waals surface area contributed by atoms with Gasteiger partial charge in [-0.3, -0.25) is 4.79 Å². The average Bonchev–Trinajstić information content (AvgIpc) is 3.23. The monoisotopic (exact) mass is 338 g/mol. The van der Waals surface area contributed by atoms with Gasteiger partial charge >= 0.3 is 0 Å². The number of hydrogen-bond acceptors (Lipinski definition) is 1. The number of likely N-dealkylation sites (tertiary alicyclic amines) is 1. The van der Waals surface area contributed by atoms with Crippen LogP contribution in [-0.2, 0) is 11.2 Å². The number of hydrogen-bond donors (Lipinski definition) is 1. The second-order valence-corrected chi connectivity index (χ2v) is 6.85. The molecule has 0 aliphatic carbocycles. The van der Waals surface area contributed by atoms with Crippen LogP contribution in [0.2, 0.25) is 5.02 Å². The standard InChI is InChI=1S/C20H19ClN2O/c21-16-7-5-14(6-8-16)11-20(24)23-10-9-15(13-23)18-12-22-19-4-2-1-3-17(18)19/h1-8,12,15,22H,9-11,13H2. The van der Waals surface area contributed by atoms with Gasteiger partial charge in [0.1, 0.15) is 0 Å². The smallest absolute Gasteiger partial charge is 0.227 e. The van der Waals surface area contributed by atoms with Crippen LogP contribution >= 0.6 is 11.6 Å². The number of para-hydroxylation sites is 1. The largest absolute Gasteiger partial charge is 0.361 e. The number of rotatable bonds is 3. The molecule has 1 aromatic heterocycles. The van der Waals surface area contributed by atoms with Crippen molar-refractivity contribution in [3.63, 3.8) is 0 Å². The summed E-state index contributed by atoms with van der Waals surface area (Å²) in [6.45, 7) is 1.63. The van der Waals surface area contributed by atoms with Gasteiger partial charge in [0.2, 0.25) is 5.91 Å². The van der Waals surface area contributed by atoms with Crippen molar-refractivity contribution in [2.24, 2.45) is 0 Å². The van der Waals surface area contributed by atoms with Crippen molar-refractivity contribution < 1.29 is 4.79 Å². The molecule has 1 amide bonds. The highest BCUT2D eigenvalue weighted by Gasteiger charge is 2.28. The zero-order valence-corrected chi connectivity index (χ0v) is 14.1. The Morgan fingerprint density at radius 1 is 1.17 bits per heavy atom. The molecule has 0 saturated carbocycles. The van der Waals surface area contributed by atoms with Gasteiger partial charge in [0.05, 0.1) is 6.42 Å². The molecular weight excluding hydrogens is 320 g/mol. The number of H-pyrrole nitrogens is 1. The summed E-state index contributed by atoms with van der Waals surface area (Å²) < 4.78 is 0. The molecule has 1 aliphatic rings. The zero-order chi connectivity index (χ0) is 16.5. The molecule has 3 nitrogen and oxygen atoms in total. The molecule has 24 heavy (non-hydrogen) atoms. The maximum Gasteiger partial charge on any atom is 0.227 e. The number of carbonyl (C=O) groups excluding carboxylic acids is 1. The highest BCUT2D eigenvalue weighted by atomic mass is 35.5. The van der Waals surface area contributed by atoms with Crippen molar-refractivity contribution in [1.82, 2.24) is 9.88 Å². The quantitative estimate of drug-likeness (QED) is 0.755. The third kappa shape index (κ3) is 2.92. The first-order valence-corrected chi connectivity index (χ1v) is 8.67. The number of fused-ring (bicyclic) bond motifs is 1. The minimum Gasteiger partial charge on any atom is -0.361 e. The lowest BCUT2D eigenvalue weighted by Crippen LogP contribution is -2.29. The minimum absolute atomic E-state index is 0.194. The third-order valence-electron chi connectivity index (χ3n) is 4.87. The molecule has 1 unspecified atom stereocenters. The van der Waals surface area contributed by atoms with Crippen molar-refractivity contribution in [1.29, 1.82) is 0 Å². The number of nitrogens with one attached hydrogen (secondary N) is 1. The van der Waals surface area contributed by atoms with E-state index >= 15 is 0 Å². The first-order valence-electron chi connectivity index (χ1n) is 8.29. The molecule has 0 spiro atoms. The van der Waals surface area contributed by atoms with E-state index in [4.69, 9.17) is 11.6 Å². The molecule has 3 aromatic rings. The van der Waals surface area contributed by atoms with Crippen molar-refractivity contribution >= 4 is 28.4 Å². The summed E-state index contributed by atoms with van der Waals surface area (Å²) >= 11 is 5.90. The third-order valence-corrected chi connectivity index (χ3v) is 5.12. The number of nitrogens with zero attached hydrogens (tertiary/aromatic N) is 1. The number of halogens is 1. The van der Waals surface area contributed by atoms with E-state index < -0.39 is 0 Å². The van der Waals surface area contributed by atoms with Crippen LogP contribution in [0.25, 0.3) is 10.9 Å². The Kier molecular flexibility index (Phi) is 4.03. The molecule has 1 fully saturated rings. The molecular formula is C20H19ClN2O. The number of benzene rings is 2. The van der Waals surface area contributed by atoms with E-state index in [2.05, 4.69) is 29.4 Å². The van der Waals surface area contributed by atoms with Crippen LogP contribution < -0.4 is 0 Å². The van der Waals surface area contributed by atoms with E-state index in [1.807, 2.05) is 35.2 Å². The average molecular weight is 339 g/mol. The van der Waals surface area contributed by atoms with Gasteiger partial charge < -0.3 is 9.88 Å². The Morgan fingerprint density at radius 3 is 2.79 bits per heavy atom. The molecule has 4 rings (SSSR count). The highest BCUT2D eigenvalue weighted by molar-refractivity contribution is 6.30. The Bertz CT molecular complexity index is 869. The van der Waals surface area contributed by atoms with Gasteiger partial charge in [-0.05, 0) is 35.7 Å². The Balaban J connectivity index is 1.46. The van der Waals surface area contributed by atoms with E-state index in [9.17, 15) is 4.79 Å². The first-order chi connectivity index (χ1) is 11.7. The normalized spacial score (nSPS) is 17.5. The van der Waals surface area contributed by atoms with Gasteiger partial charge in [0.15, 0.2) is 0 Å². The number of aromatic nitrogens is 1. The molecule has 1 atom stereocenters. The highest BCUT2D eigenvalue weighted by Crippen LogP contribution is 2.32. The van der Waals surface area contributed by atoms with E-state index in [1.165, 1.54) is 16.5 Å². The van der Waals surface area contributed by atoms with Gasteiger partial charge in [-0.15, -0.1) is 0 Å². The molecule has 4 heteroatoms. The summed E-state index contributed by atoms with van der Waals surface area (Å²) in [5.41, 5.74) is 3.51. The van der Waals surface area contributed by atoms with Crippen molar-refractivity contribution in [3.05, 3.63) is 70.9 Å². The first kappa shape index (κ1) is 15.3. The van der Waals surface area contributed by atoms with Crippen molar-refractivity contribution in [2.45, 2.75) is 18.8 Å². The Morgan fingerprint density at radius 2 is 1.96 bits per heavy atom. The molecule has 0 radical (unpaired) electrons. The van der Waals surface area contributed by atoms with Gasteiger partial charge in [-0.25, -0.2) is 0 Å². The zero-order valence-electron chi connectivity index (χ0n) is 13.3. The molecule has 1 N–H and O–H groups in total. The summed E-state index contributed by atoms with van der Waals surface area (Å²) in [5.74, 6) is 0.606. The maximum atomic E-state index is 12.6. The van der Waals surface area contributed by atoms with E-state index in [-0.39, 0.29) is 5.91 Å². The molecule has 2 heterocycles. The lowest BCUT2D eigenvalue weighted by atomic mass is 9.98. The number of aromatic amines is 1. The van der Waals surface area contributed by atoms with Crippen molar-refractivity contribution in [3.8, 4) is 0 Å². The summed E-state index contributed by atoms with van der Waals surface area (Å²) in [5, 5.41) is 1.97. The number of carbonyl (C=O) groups is 1. The van der Waals surface area contributed by atoms with E-state index in [0.717, 1.165) is 25.1 Å². The minimum atomic E-state index is 0.194. The van der Waals surface area contributed by atoms with Crippen LogP contribution in [0, 0.1) is 0 Å². The molecule has 122 valence electrons. The summed E-state index contributed by atoms with van der Waals surface area (Å²) in [4.78, 5) is 17.9. The Hall–Kier alpha value is -2.26. The van der Waals surface area contributed by atoms with E-state index in [0.29, 0.717) is 17.4 Å². The second-order valence-electron chi connectivity index (χ2n) is 6.42. The van der Waals surface area contributed by atoms with Gasteiger partial charge in [-0.2, -0.15) is 0 Å². The summed E-state index contributed by atoms with van der Waals surface area (Å²) in [6, 6.07) is 15.9. The van der Waals surface area contributed by atoms with Crippen LogP contribution in [0.1, 0.15) is 23.5 Å². The Labute approximate surface area is 146 Å². The van der Waals surface area contributed by atoms with Crippen LogP contribution in [0.3, 0.4) is 0 Å². The lowest BCUT2D eigenvalue weighted by molar-refractivity contribution is -0.129. The predicted molar refractivity (Wildman–Crippen MR) is 97.4 cm³/mol. The van der Waals surface area contributed by atoms with Gasteiger partial charge in [0, 0.05) is 41.1 Å². The van der Waals surface area contributed by atoms with Crippen LogP contribution in [0.15, 0.2) is 54.7 Å². The topological polar surface area (TPSA) is 36.1 Å². The number of amides is 1. The fraction of sp³-hybridized carbons (Fsp3) is 0.250. The summed E-state index contributed by atoms with van der Waals surface area (Å²) in [6.07, 6.45) is 3.56. The predicted octanol–water partition coefficient (Wildman–Crippen LogP) is 4.38. The SMILES string of the molecule is O=C(Cc1ccc(Cl)cc1)N1CCC(c2c[nH]c3ccccc23)C1. The molecule has 0 bridgehead atoms. The molecule has 1 aliphatic heterocycles. The van der Waals surface area contributed by atoms with Gasteiger partial charge in [0.25, 0.3) is 0 Å². The maximum absolute atomic E-state index is 12.6. The van der Waals surface area contributed by atoms with E-state index in [1.54, 1.807) is 0 Å². The second kappa shape index (κ2) is 6.33. The fourth-order valence-electron chi connectivity index (χ4n) is 3.56. The van der Waals surface area contributed by atoms with Crippen LogP contribution in [0.5, 0.6) is 0 Å². The lowest BCUT2D eigenvalue weighted by Gasteiger charge is -2.16. The fourth-order valence-corrected chi connectivity index (χ4v) is 3.69.